The molecule has 27 heavy (non-hydrogen) atoms. The van der Waals surface area contributed by atoms with Crippen LogP contribution in [0.2, 0.25) is 5.02 Å². The largest absolute Gasteiger partial charge is 0.493 e. The van der Waals surface area contributed by atoms with Crippen molar-refractivity contribution in [3.05, 3.63) is 71.0 Å². The molecule has 7 heteroatoms. The van der Waals surface area contributed by atoms with Crippen LogP contribution in [0.4, 0.5) is 0 Å². The van der Waals surface area contributed by atoms with Crippen molar-refractivity contribution < 1.29 is 4.74 Å². The fourth-order valence-electron chi connectivity index (χ4n) is 2.29. The van der Waals surface area contributed by atoms with Crippen molar-refractivity contribution in [2.24, 2.45) is 5.10 Å². The third-order valence-electron chi connectivity index (χ3n) is 3.78. The number of hydrogen-bond acceptors (Lipinski definition) is 5. The van der Waals surface area contributed by atoms with Gasteiger partial charge < -0.3 is 4.74 Å². The highest BCUT2D eigenvalue weighted by Crippen LogP contribution is 2.22. The van der Waals surface area contributed by atoms with E-state index in [1.165, 1.54) is 0 Å². The van der Waals surface area contributed by atoms with Crippen molar-refractivity contribution in [1.82, 2.24) is 14.9 Å². The van der Waals surface area contributed by atoms with Crippen molar-refractivity contribution in [2.45, 2.75) is 30.7 Å². The number of para-hydroxylation sites is 1. The molecule has 1 aromatic heterocycles. The minimum atomic E-state index is 0.705. The second-order valence-electron chi connectivity index (χ2n) is 5.86. The van der Waals surface area contributed by atoms with Crippen molar-refractivity contribution in [2.75, 3.05) is 6.61 Å². The van der Waals surface area contributed by atoms with Crippen LogP contribution in [-0.4, -0.2) is 27.7 Å². The Kier molecular flexibility index (Phi) is 7.30. The molecule has 0 radical (unpaired) electrons. The molecule has 3 aromatic rings. The van der Waals surface area contributed by atoms with Gasteiger partial charge in [-0.2, -0.15) is 9.78 Å². The summed E-state index contributed by atoms with van der Waals surface area (Å²) in [6, 6.07) is 15.6. The molecule has 0 aliphatic rings. The second-order valence-corrected chi connectivity index (χ2v) is 7.24. The Morgan fingerprint density at radius 1 is 1.19 bits per heavy atom. The van der Waals surface area contributed by atoms with Gasteiger partial charge in [0, 0.05) is 16.3 Å². The van der Waals surface area contributed by atoms with E-state index in [0.29, 0.717) is 6.61 Å². The quantitative estimate of drug-likeness (QED) is 0.278. The maximum atomic E-state index is 5.93. The van der Waals surface area contributed by atoms with E-state index in [4.69, 9.17) is 16.3 Å². The second kappa shape index (κ2) is 10.1. The third-order valence-corrected chi connectivity index (χ3v) is 5.03. The number of rotatable bonds is 9. The Bertz CT molecular complexity index is 880. The fourth-order valence-corrected chi connectivity index (χ4v) is 3.24. The molecule has 2 aromatic carbocycles. The zero-order valence-electron chi connectivity index (χ0n) is 15.1. The van der Waals surface area contributed by atoms with Gasteiger partial charge in [0.25, 0.3) is 0 Å². The molecule has 0 fully saturated rings. The molecule has 0 amide bonds. The van der Waals surface area contributed by atoms with E-state index in [2.05, 4.69) is 22.2 Å². The SMILES string of the molecule is CCCCOc1ccccc1/C=N/n1cnnc1SCc1ccc(Cl)cc1. The summed E-state index contributed by atoms with van der Waals surface area (Å²) in [5.74, 6) is 1.60. The first kappa shape index (κ1) is 19.5. The molecule has 5 nitrogen and oxygen atoms in total. The van der Waals surface area contributed by atoms with Crippen LogP contribution in [-0.2, 0) is 5.75 Å². The number of aromatic nitrogens is 3. The smallest absolute Gasteiger partial charge is 0.212 e. The van der Waals surface area contributed by atoms with E-state index in [-0.39, 0.29) is 0 Å². The first-order chi connectivity index (χ1) is 13.3. The van der Waals surface area contributed by atoms with Crippen LogP contribution in [0, 0.1) is 0 Å². The molecule has 0 spiro atoms. The Hall–Kier alpha value is -2.31. The lowest BCUT2D eigenvalue weighted by atomic mass is 10.2. The molecule has 0 aliphatic heterocycles. The highest BCUT2D eigenvalue weighted by molar-refractivity contribution is 7.98. The zero-order chi connectivity index (χ0) is 18.9. The van der Waals surface area contributed by atoms with E-state index in [1.54, 1.807) is 29.0 Å². The van der Waals surface area contributed by atoms with Gasteiger partial charge in [0.15, 0.2) is 0 Å². The van der Waals surface area contributed by atoms with Crippen LogP contribution >= 0.6 is 23.4 Å². The molecule has 0 saturated carbocycles. The lowest BCUT2D eigenvalue weighted by Gasteiger charge is -2.08. The van der Waals surface area contributed by atoms with Gasteiger partial charge in [0.2, 0.25) is 5.16 Å². The van der Waals surface area contributed by atoms with Crippen LogP contribution in [0.25, 0.3) is 0 Å². The van der Waals surface area contributed by atoms with E-state index < -0.39 is 0 Å². The summed E-state index contributed by atoms with van der Waals surface area (Å²) < 4.78 is 7.51. The summed E-state index contributed by atoms with van der Waals surface area (Å²) in [5, 5.41) is 14.1. The van der Waals surface area contributed by atoms with E-state index >= 15 is 0 Å². The van der Waals surface area contributed by atoms with Gasteiger partial charge in [-0.1, -0.05) is 61.0 Å². The summed E-state index contributed by atoms with van der Waals surface area (Å²) >= 11 is 7.50. The van der Waals surface area contributed by atoms with Crippen LogP contribution in [0.5, 0.6) is 5.75 Å². The van der Waals surface area contributed by atoms with Gasteiger partial charge in [-0.15, -0.1) is 10.2 Å². The predicted octanol–water partition coefficient (Wildman–Crippen LogP) is 5.28. The Balaban J connectivity index is 1.66. The number of unbranched alkanes of at least 4 members (excludes halogenated alkanes) is 1. The number of ether oxygens (including phenoxy) is 1. The van der Waals surface area contributed by atoms with Crippen LogP contribution < -0.4 is 4.74 Å². The molecule has 0 unspecified atom stereocenters. The molecule has 0 aliphatic carbocycles. The highest BCUT2D eigenvalue weighted by Gasteiger charge is 2.06. The monoisotopic (exact) mass is 400 g/mol. The summed E-state index contributed by atoms with van der Waals surface area (Å²) in [6.07, 6.45) is 5.51. The van der Waals surface area contributed by atoms with Gasteiger partial charge in [-0.25, -0.2) is 0 Å². The number of thioether (sulfide) groups is 1. The lowest BCUT2D eigenvalue weighted by molar-refractivity contribution is 0.309. The van der Waals surface area contributed by atoms with E-state index in [0.717, 1.165) is 45.6 Å². The average Bonchev–Trinajstić information content (AvgIpc) is 3.14. The Morgan fingerprint density at radius 3 is 2.81 bits per heavy atom. The van der Waals surface area contributed by atoms with E-state index in [1.807, 2.05) is 48.5 Å². The minimum Gasteiger partial charge on any atom is -0.493 e. The third kappa shape index (κ3) is 5.84. The predicted molar refractivity (Wildman–Crippen MR) is 111 cm³/mol. The standard InChI is InChI=1S/C20H21ClN4OS/c1-2-3-12-26-19-7-5-4-6-17(19)13-23-25-15-22-24-20(25)27-14-16-8-10-18(21)11-9-16/h4-11,13,15H,2-3,12,14H2,1H3/b23-13+. The number of nitrogens with zero attached hydrogens (tertiary/aromatic N) is 4. The first-order valence-corrected chi connectivity index (χ1v) is 10.2. The molecular weight excluding hydrogens is 380 g/mol. The first-order valence-electron chi connectivity index (χ1n) is 8.79. The topological polar surface area (TPSA) is 52.3 Å². The molecule has 140 valence electrons. The Morgan fingerprint density at radius 2 is 2.00 bits per heavy atom. The van der Waals surface area contributed by atoms with Crippen LogP contribution in [0.15, 0.2) is 65.1 Å². The molecule has 0 atom stereocenters. The summed E-state index contributed by atoms with van der Waals surface area (Å²) in [7, 11) is 0. The molecule has 0 saturated heterocycles. The number of benzene rings is 2. The van der Waals surface area contributed by atoms with Crippen molar-refractivity contribution in [3.8, 4) is 5.75 Å². The average molecular weight is 401 g/mol. The fraction of sp³-hybridized carbons (Fsp3) is 0.250. The number of halogens is 1. The lowest BCUT2D eigenvalue weighted by Crippen LogP contribution is -2.00. The maximum Gasteiger partial charge on any atom is 0.212 e. The number of hydrogen-bond donors (Lipinski definition) is 0. The van der Waals surface area contributed by atoms with Gasteiger partial charge in [0.1, 0.15) is 12.1 Å². The molecule has 3 rings (SSSR count). The molecule has 0 bridgehead atoms. The molecular formula is C20H21ClN4OS. The minimum absolute atomic E-state index is 0.705. The molecule has 0 N–H and O–H groups in total. The zero-order valence-corrected chi connectivity index (χ0v) is 16.7. The van der Waals surface area contributed by atoms with Crippen LogP contribution in [0.3, 0.4) is 0 Å². The van der Waals surface area contributed by atoms with Crippen molar-refractivity contribution in [3.63, 3.8) is 0 Å². The van der Waals surface area contributed by atoms with Crippen molar-refractivity contribution in [1.29, 1.82) is 0 Å². The van der Waals surface area contributed by atoms with Crippen LogP contribution in [0.1, 0.15) is 30.9 Å². The summed E-state index contributed by atoms with van der Waals surface area (Å²) in [6.45, 7) is 2.85. The van der Waals surface area contributed by atoms with Gasteiger partial charge in [-0.3, -0.25) is 0 Å². The summed E-state index contributed by atoms with van der Waals surface area (Å²) in [5.41, 5.74) is 2.09. The summed E-state index contributed by atoms with van der Waals surface area (Å²) in [4.78, 5) is 0. The van der Waals surface area contributed by atoms with Gasteiger partial charge in [-0.05, 0) is 36.2 Å². The van der Waals surface area contributed by atoms with Gasteiger partial charge in [0.05, 0.1) is 12.8 Å². The molecule has 1 heterocycles. The van der Waals surface area contributed by atoms with Gasteiger partial charge >= 0.3 is 0 Å². The Labute approximate surface area is 168 Å². The maximum absolute atomic E-state index is 5.93. The highest BCUT2D eigenvalue weighted by atomic mass is 35.5. The van der Waals surface area contributed by atoms with Crippen molar-refractivity contribution >= 4 is 29.6 Å². The normalized spacial score (nSPS) is 11.2. The van der Waals surface area contributed by atoms with E-state index in [9.17, 15) is 0 Å².